The van der Waals surface area contributed by atoms with Crippen LogP contribution in [-0.2, 0) is 9.59 Å². The number of carbonyl (C=O) groups is 2. The van der Waals surface area contributed by atoms with Gasteiger partial charge in [0.1, 0.15) is 6.04 Å². The lowest BCUT2D eigenvalue weighted by Crippen LogP contribution is -2.51. The lowest BCUT2D eigenvalue weighted by Gasteiger charge is -2.19. The average Bonchev–Trinajstić information content (AvgIpc) is 1.97. The van der Waals surface area contributed by atoms with E-state index in [-0.39, 0.29) is 6.04 Å². The van der Waals surface area contributed by atoms with E-state index in [1.807, 2.05) is 0 Å². The van der Waals surface area contributed by atoms with Crippen LogP contribution >= 0.6 is 0 Å². The minimum Gasteiger partial charge on any atom is -0.480 e. The van der Waals surface area contributed by atoms with E-state index in [0.29, 0.717) is 0 Å². The topological polar surface area (TPSA) is 107 Å². The lowest BCUT2D eigenvalue weighted by molar-refractivity contribution is -0.156. The minimum atomic E-state index is -1.93. The normalized spacial score (nSPS) is 15.4. The van der Waals surface area contributed by atoms with E-state index in [1.165, 1.54) is 0 Å². The van der Waals surface area contributed by atoms with Crippen LogP contribution in [0.25, 0.3) is 0 Å². The van der Waals surface area contributed by atoms with Crippen molar-refractivity contribution in [2.45, 2.75) is 32.0 Å². The molecule has 0 aliphatic carbocycles. The summed E-state index contributed by atoms with van der Waals surface area (Å²) in [6, 6.07) is -1.69. The Labute approximate surface area is 75.2 Å². The zero-order valence-corrected chi connectivity index (χ0v) is 7.39. The summed E-state index contributed by atoms with van der Waals surface area (Å²) in [4.78, 5) is 20.8. The van der Waals surface area contributed by atoms with Crippen LogP contribution < -0.4 is 5.32 Å². The van der Waals surface area contributed by atoms with Gasteiger partial charge in [-0.2, -0.15) is 0 Å². The van der Waals surface area contributed by atoms with Crippen LogP contribution in [0, 0.1) is 0 Å². The first-order valence-electron chi connectivity index (χ1n) is 3.76. The third-order valence-electron chi connectivity index (χ3n) is 1.35. The number of hydrogen-bond acceptors (Lipinski definition) is 4. The molecule has 0 spiro atoms. The van der Waals surface area contributed by atoms with E-state index in [4.69, 9.17) is 15.3 Å². The molecule has 1 unspecified atom stereocenters. The van der Waals surface area contributed by atoms with Crippen LogP contribution in [0.15, 0.2) is 0 Å². The molecule has 13 heavy (non-hydrogen) atoms. The summed E-state index contributed by atoms with van der Waals surface area (Å²) in [5.41, 5.74) is 0. The Kier molecular flexibility index (Phi) is 4.36. The highest BCUT2D eigenvalue weighted by molar-refractivity contribution is 5.84. The first-order chi connectivity index (χ1) is 5.86. The molecule has 0 fully saturated rings. The Morgan fingerprint density at radius 1 is 1.15 bits per heavy atom. The van der Waals surface area contributed by atoms with Crippen molar-refractivity contribution in [3.8, 4) is 0 Å². The quantitative estimate of drug-likeness (QED) is 0.438. The summed E-state index contributed by atoms with van der Waals surface area (Å²) >= 11 is 0. The Morgan fingerprint density at radius 2 is 1.62 bits per heavy atom. The van der Waals surface area contributed by atoms with Crippen molar-refractivity contribution in [3.05, 3.63) is 0 Å². The maximum absolute atomic E-state index is 10.5. The maximum atomic E-state index is 10.5. The molecule has 0 bridgehead atoms. The fourth-order valence-electron chi connectivity index (χ4n) is 0.799. The molecule has 6 nitrogen and oxygen atoms in total. The molecule has 0 rings (SSSR count). The van der Waals surface area contributed by atoms with E-state index >= 15 is 0 Å². The van der Waals surface area contributed by atoms with Gasteiger partial charge in [-0.1, -0.05) is 13.8 Å². The summed E-state index contributed by atoms with van der Waals surface area (Å²) in [7, 11) is 0. The molecule has 2 atom stereocenters. The monoisotopic (exact) mass is 191 g/mol. The Balaban J connectivity index is 4.42. The Morgan fingerprint density at radius 3 is 1.85 bits per heavy atom. The van der Waals surface area contributed by atoms with Crippen LogP contribution in [0.1, 0.15) is 13.8 Å². The summed E-state index contributed by atoms with van der Waals surface area (Å²) in [6.45, 7) is 3.31. The highest BCUT2D eigenvalue weighted by Crippen LogP contribution is 1.96. The largest absolute Gasteiger partial charge is 0.480 e. The van der Waals surface area contributed by atoms with E-state index in [0.717, 1.165) is 0 Å². The van der Waals surface area contributed by atoms with Gasteiger partial charge in [-0.05, 0) is 0 Å². The molecule has 0 amide bonds. The molecule has 0 aliphatic heterocycles. The molecular weight excluding hydrogens is 178 g/mol. The molecule has 0 radical (unpaired) electrons. The van der Waals surface area contributed by atoms with Gasteiger partial charge in [-0.15, -0.1) is 0 Å². The van der Waals surface area contributed by atoms with E-state index in [9.17, 15) is 9.59 Å². The van der Waals surface area contributed by atoms with E-state index in [1.54, 1.807) is 13.8 Å². The van der Waals surface area contributed by atoms with Crippen LogP contribution in [0.4, 0.5) is 0 Å². The van der Waals surface area contributed by atoms with Gasteiger partial charge >= 0.3 is 11.9 Å². The van der Waals surface area contributed by atoms with Gasteiger partial charge in [0.2, 0.25) is 0 Å². The molecule has 0 aromatic rings. The minimum absolute atomic E-state index is 0.213. The van der Waals surface area contributed by atoms with Crippen LogP contribution in [0.5, 0.6) is 0 Å². The van der Waals surface area contributed by atoms with Crippen LogP contribution in [0.2, 0.25) is 0 Å². The van der Waals surface area contributed by atoms with Crippen molar-refractivity contribution < 1.29 is 24.9 Å². The van der Waals surface area contributed by atoms with Crippen LogP contribution in [-0.4, -0.2) is 45.4 Å². The number of carboxylic acid groups (broad SMARTS) is 2. The summed E-state index contributed by atoms with van der Waals surface area (Å²) < 4.78 is 0. The highest BCUT2D eigenvalue weighted by Gasteiger charge is 2.31. The molecular formula is C7H13NO5. The first kappa shape index (κ1) is 11.9. The van der Waals surface area contributed by atoms with E-state index < -0.39 is 24.1 Å². The van der Waals surface area contributed by atoms with Crippen LogP contribution in [0.3, 0.4) is 0 Å². The molecule has 0 aromatic heterocycles. The van der Waals surface area contributed by atoms with Gasteiger partial charge in [0.15, 0.2) is 6.10 Å². The van der Waals surface area contributed by atoms with Gasteiger partial charge < -0.3 is 15.3 Å². The number of carboxylic acids is 2. The standard InChI is InChI=1S/C7H13NO5/c1-3(2)8-4(6(10)11)5(9)7(12)13/h3-5,8-9H,1-2H3,(H,10,11)(H,12,13)/t4?,5-/m1/s1. The Hall–Kier alpha value is -1.14. The summed E-state index contributed by atoms with van der Waals surface area (Å²) in [5, 5.41) is 28.3. The molecule has 76 valence electrons. The van der Waals surface area contributed by atoms with Crippen molar-refractivity contribution in [1.29, 1.82) is 0 Å². The predicted octanol–water partition coefficient (Wildman–Crippen LogP) is -1.12. The van der Waals surface area contributed by atoms with E-state index in [2.05, 4.69) is 5.32 Å². The third kappa shape index (κ3) is 3.86. The molecule has 6 heteroatoms. The number of nitrogens with one attached hydrogen (secondary N) is 1. The van der Waals surface area contributed by atoms with Crippen molar-refractivity contribution in [2.24, 2.45) is 0 Å². The first-order valence-corrected chi connectivity index (χ1v) is 3.76. The van der Waals surface area contributed by atoms with Gasteiger partial charge in [-0.3, -0.25) is 10.1 Å². The summed E-state index contributed by atoms with van der Waals surface area (Å²) in [6.07, 6.45) is -1.93. The molecule has 0 aliphatic rings. The number of rotatable bonds is 5. The number of hydrogen-bond donors (Lipinski definition) is 4. The van der Waals surface area contributed by atoms with Crippen molar-refractivity contribution in [2.75, 3.05) is 0 Å². The highest BCUT2D eigenvalue weighted by atomic mass is 16.4. The lowest BCUT2D eigenvalue weighted by atomic mass is 10.1. The fourth-order valence-corrected chi connectivity index (χ4v) is 0.799. The second kappa shape index (κ2) is 4.78. The molecule has 0 saturated heterocycles. The number of aliphatic carboxylic acids is 2. The predicted molar refractivity (Wildman–Crippen MR) is 43.3 cm³/mol. The third-order valence-corrected chi connectivity index (χ3v) is 1.35. The second-order valence-corrected chi connectivity index (χ2v) is 2.92. The van der Waals surface area contributed by atoms with Gasteiger partial charge in [0.05, 0.1) is 0 Å². The smallest absolute Gasteiger partial charge is 0.334 e. The van der Waals surface area contributed by atoms with Crippen molar-refractivity contribution in [1.82, 2.24) is 5.32 Å². The Bertz CT molecular complexity index is 203. The summed E-state index contributed by atoms with van der Waals surface area (Å²) in [5.74, 6) is -2.94. The maximum Gasteiger partial charge on any atom is 0.334 e. The number of aliphatic hydroxyl groups excluding tert-OH is 1. The van der Waals surface area contributed by atoms with Gasteiger partial charge in [0, 0.05) is 6.04 Å². The number of aliphatic hydroxyl groups is 1. The fraction of sp³-hybridized carbons (Fsp3) is 0.714. The van der Waals surface area contributed by atoms with Gasteiger partial charge in [-0.25, -0.2) is 4.79 Å². The van der Waals surface area contributed by atoms with Crippen molar-refractivity contribution in [3.63, 3.8) is 0 Å². The molecule has 0 aromatic carbocycles. The molecule has 0 saturated carbocycles. The second-order valence-electron chi connectivity index (χ2n) is 2.92. The van der Waals surface area contributed by atoms with Gasteiger partial charge in [0.25, 0.3) is 0 Å². The average molecular weight is 191 g/mol. The van der Waals surface area contributed by atoms with Crippen molar-refractivity contribution >= 4 is 11.9 Å². The zero-order valence-electron chi connectivity index (χ0n) is 7.39. The molecule has 4 N–H and O–H groups in total. The SMILES string of the molecule is CC(C)NC(C(=O)O)[C@@H](O)C(=O)O. The molecule has 0 heterocycles. The zero-order chi connectivity index (χ0) is 10.6.